The maximum atomic E-state index is 13.2. The Labute approximate surface area is 142 Å². The molecule has 0 amide bonds. The Morgan fingerprint density at radius 2 is 2.12 bits per heavy atom. The summed E-state index contributed by atoms with van der Waals surface area (Å²) in [5.74, 6) is 0.186. The van der Waals surface area contributed by atoms with Crippen molar-refractivity contribution in [3.63, 3.8) is 0 Å². The van der Waals surface area contributed by atoms with Gasteiger partial charge in [0, 0.05) is 30.8 Å². The molecule has 0 bridgehead atoms. The van der Waals surface area contributed by atoms with Crippen molar-refractivity contribution in [3.8, 4) is 10.4 Å². The third kappa shape index (κ3) is 2.47. The van der Waals surface area contributed by atoms with E-state index in [1.54, 1.807) is 16.3 Å². The number of nitrogen functional groups attached to an aromatic ring is 1. The van der Waals surface area contributed by atoms with Crippen LogP contribution in [0.2, 0.25) is 0 Å². The van der Waals surface area contributed by atoms with E-state index in [0.717, 1.165) is 28.8 Å². The molecule has 2 N–H and O–H groups in total. The zero-order valence-corrected chi connectivity index (χ0v) is 14.0. The molecule has 3 aromatic heterocycles. The molecule has 0 spiro atoms. The minimum atomic E-state index is -0.0591. The number of rotatable bonds is 2. The highest BCUT2D eigenvalue weighted by Crippen LogP contribution is 2.29. The van der Waals surface area contributed by atoms with Gasteiger partial charge < -0.3 is 10.5 Å². The number of hydrogen-bond donors (Lipinski definition) is 1. The van der Waals surface area contributed by atoms with E-state index in [0.29, 0.717) is 24.4 Å². The minimum Gasteiger partial charge on any atom is -0.381 e. The van der Waals surface area contributed by atoms with Crippen LogP contribution in [0.4, 0.5) is 5.95 Å². The van der Waals surface area contributed by atoms with Crippen LogP contribution in [0.1, 0.15) is 24.6 Å². The Hall–Kier alpha value is -2.32. The van der Waals surface area contributed by atoms with Gasteiger partial charge in [-0.25, -0.2) is 4.98 Å². The molecule has 0 unspecified atom stereocenters. The van der Waals surface area contributed by atoms with Gasteiger partial charge in [0.25, 0.3) is 5.56 Å². The number of anilines is 1. The highest BCUT2D eigenvalue weighted by Gasteiger charge is 2.23. The second kappa shape index (κ2) is 5.95. The van der Waals surface area contributed by atoms with Crippen molar-refractivity contribution in [1.82, 2.24) is 19.5 Å². The third-order valence-corrected chi connectivity index (χ3v) is 5.16. The lowest BCUT2D eigenvalue weighted by Gasteiger charge is -2.26. The van der Waals surface area contributed by atoms with E-state index in [-0.39, 0.29) is 17.5 Å². The number of hydrogen-bond acceptors (Lipinski definition) is 7. The summed E-state index contributed by atoms with van der Waals surface area (Å²) in [7, 11) is 0. The maximum Gasteiger partial charge on any atom is 0.261 e. The number of fused-ring (bicyclic) bond motifs is 1. The van der Waals surface area contributed by atoms with Crippen molar-refractivity contribution < 1.29 is 4.74 Å². The summed E-state index contributed by atoms with van der Waals surface area (Å²) in [5, 5.41) is 0.846. The molecule has 24 heavy (non-hydrogen) atoms. The quantitative estimate of drug-likeness (QED) is 0.766. The molecule has 1 aliphatic rings. The fourth-order valence-electron chi connectivity index (χ4n) is 3.18. The summed E-state index contributed by atoms with van der Waals surface area (Å²) >= 11 is 1.45. The van der Waals surface area contributed by atoms with Crippen molar-refractivity contribution in [3.05, 3.63) is 33.8 Å². The zero-order chi connectivity index (χ0) is 16.7. The van der Waals surface area contributed by atoms with Gasteiger partial charge in [0.05, 0.1) is 21.6 Å². The van der Waals surface area contributed by atoms with Crippen molar-refractivity contribution in [2.24, 2.45) is 0 Å². The van der Waals surface area contributed by atoms with Crippen LogP contribution in [-0.2, 0) is 4.74 Å². The number of nitrogens with two attached hydrogens (primary N) is 1. The van der Waals surface area contributed by atoms with E-state index in [1.807, 2.05) is 13.0 Å². The van der Waals surface area contributed by atoms with Gasteiger partial charge in [-0.1, -0.05) is 0 Å². The Balaban J connectivity index is 2.06. The molecule has 4 rings (SSSR count). The first-order valence-electron chi connectivity index (χ1n) is 7.81. The van der Waals surface area contributed by atoms with Gasteiger partial charge in [-0.3, -0.25) is 14.3 Å². The van der Waals surface area contributed by atoms with Crippen LogP contribution in [0.3, 0.4) is 0 Å². The van der Waals surface area contributed by atoms with Gasteiger partial charge in [-0.15, -0.1) is 11.3 Å². The van der Waals surface area contributed by atoms with E-state index < -0.39 is 0 Å². The largest absolute Gasteiger partial charge is 0.381 e. The van der Waals surface area contributed by atoms with Crippen LogP contribution in [-0.4, -0.2) is 32.7 Å². The van der Waals surface area contributed by atoms with Crippen molar-refractivity contribution in [1.29, 1.82) is 0 Å². The first kappa shape index (κ1) is 15.2. The smallest absolute Gasteiger partial charge is 0.261 e. The summed E-state index contributed by atoms with van der Waals surface area (Å²) < 4.78 is 7.22. The highest BCUT2D eigenvalue weighted by molar-refractivity contribution is 7.13. The molecule has 124 valence electrons. The molecular weight excluding hydrogens is 326 g/mol. The number of thiazole rings is 1. The van der Waals surface area contributed by atoms with E-state index in [2.05, 4.69) is 15.0 Å². The topological polar surface area (TPSA) is 95.9 Å². The van der Waals surface area contributed by atoms with Crippen molar-refractivity contribution in [2.45, 2.75) is 25.8 Å². The van der Waals surface area contributed by atoms with Crippen LogP contribution in [0.15, 0.2) is 22.6 Å². The highest BCUT2D eigenvalue weighted by atomic mass is 32.1. The van der Waals surface area contributed by atoms with Gasteiger partial charge in [-0.05, 0) is 25.8 Å². The zero-order valence-electron chi connectivity index (χ0n) is 13.2. The number of nitrogens with zero attached hydrogens (tertiary/aromatic N) is 4. The maximum absolute atomic E-state index is 13.2. The minimum absolute atomic E-state index is 0.0512. The average Bonchev–Trinajstić information content (AvgIpc) is 3.09. The monoisotopic (exact) mass is 343 g/mol. The molecule has 0 radical (unpaired) electrons. The van der Waals surface area contributed by atoms with Crippen LogP contribution >= 0.6 is 11.3 Å². The predicted octanol–water partition coefficient (Wildman–Crippen LogP) is 2.16. The second-order valence-corrected chi connectivity index (χ2v) is 6.73. The SMILES string of the molecule is Cc1nc(N)nc2c1cc(-c1cncs1)c(=O)n2C1CCOCC1. The summed E-state index contributed by atoms with van der Waals surface area (Å²) in [6.45, 7) is 3.17. The Morgan fingerprint density at radius 3 is 2.83 bits per heavy atom. The van der Waals surface area contributed by atoms with E-state index in [1.165, 1.54) is 11.3 Å². The summed E-state index contributed by atoms with van der Waals surface area (Å²) in [4.78, 5) is 26.8. The van der Waals surface area contributed by atoms with Gasteiger partial charge in [-0.2, -0.15) is 4.98 Å². The molecule has 0 atom stereocenters. The van der Waals surface area contributed by atoms with Crippen LogP contribution in [0, 0.1) is 6.92 Å². The summed E-state index contributed by atoms with van der Waals surface area (Å²) in [6, 6.07) is 1.91. The van der Waals surface area contributed by atoms with Crippen LogP contribution in [0.25, 0.3) is 21.5 Å². The Kier molecular flexibility index (Phi) is 3.78. The Bertz CT molecular complexity index is 945. The van der Waals surface area contributed by atoms with Gasteiger partial charge in [0.1, 0.15) is 5.65 Å². The number of aromatic nitrogens is 4. The molecular formula is C16H17N5O2S. The molecule has 4 heterocycles. The predicted molar refractivity (Wildman–Crippen MR) is 93.1 cm³/mol. The molecule has 0 aliphatic carbocycles. The second-order valence-electron chi connectivity index (χ2n) is 5.85. The molecule has 0 aromatic carbocycles. The molecule has 8 heteroatoms. The fourth-order valence-corrected chi connectivity index (χ4v) is 3.81. The molecule has 1 fully saturated rings. The van der Waals surface area contributed by atoms with Gasteiger partial charge in [0.2, 0.25) is 5.95 Å². The number of pyridine rings is 1. The van der Waals surface area contributed by atoms with Gasteiger partial charge >= 0.3 is 0 Å². The standard InChI is InChI=1S/C16H17N5O2S/c1-9-11-6-12(13-7-18-8-24-13)15(22)21(10-2-4-23-5-3-10)14(11)20-16(17)19-9/h6-8,10H,2-5H2,1H3,(H2,17,19,20). The molecule has 1 saturated heterocycles. The average molecular weight is 343 g/mol. The lowest BCUT2D eigenvalue weighted by atomic mass is 10.1. The molecule has 7 nitrogen and oxygen atoms in total. The lowest BCUT2D eigenvalue weighted by molar-refractivity contribution is 0.0697. The van der Waals surface area contributed by atoms with E-state index in [4.69, 9.17) is 10.5 Å². The fraction of sp³-hybridized carbons (Fsp3) is 0.375. The van der Waals surface area contributed by atoms with Crippen LogP contribution in [0.5, 0.6) is 0 Å². The first-order chi connectivity index (χ1) is 11.6. The van der Waals surface area contributed by atoms with Crippen molar-refractivity contribution >= 4 is 28.3 Å². The van der Waals surface area contributed by atoms with Gasteiger partial charge in [0.15, 0.2) is 0 Å². The molecule has 3 aromatic rings. The lowest BCUT2D eigenvalue weighted by Crippen LogP contribution is -2.31. The summed E-state index contributed by atoms with van der Waals surface area (Å²) in [5.41, 5.74) is 9.50. The van der Waals surface area contributed by atoms with E-state index >= 15 is 0 Å². The summed E-state index contributed by atoms with van der Waals surface area (Å²) in [6.07, 6.45) is 3.28. The van der Waals surface area contributed by atoms with E-state index in [9.17, 15) is 4.79 Å². The van der Waals surface area contributed by atoms with Crippen molar-refractivity contribution in [2.75, 3.05) is 18.9 Å². The van der Waals surface area contributed by atoms with Crippen LogP contribution < -0.4 is 11.3 Å². The molecule has 1 aliphatic heterocycles. The first-order valence-corrected chi connectivity index (χ1v) is 8.69. The number of ether oxygens (including phenoxy) is 1. The number of aryl methyl sites for hydroxylation is 1. The molecule has 0 saturated carbocycles. The Morgan fingerprint density at radius 1 is 1.33 bits per heavy atom. The normalized spacial score (nSPS) is 15.9. The third-order valence-electron chi connectivity index (χ3n) is 4.35.